The van der Waals surface area contributed by atoms with Crippen molar-refractivity contribution in [3.05, 3.63) is 18.2 Å². The molecule has 1 N–H and O–H groups in total. The number of rotatable bonds is 5. The maximum Gasteiger partial charge on any atom is 0.225 e. The molecule has 1 aliphatic rings. The average molecular weight is 317 g/mol. The molecule has 0 aromatic carbocycles. The number of hydrogen-bond donors (Lipinski definition) is 1. The first-order valence-corrected chi connectivity index (χ1v) is 7.18. The van der Waals surface area contributed by atoms with E-state index in [1.807, 2.05) is 36.6 Å². The van der Waals surface area contributed by atoms with E-state index in [1.165, 1.54) is 0 Å². The number of aromatic nitrogens is 2. The van der Waals surface area contributed by atoms with Crippen molar-refractivity contribution in [2.45, 2.75) is 32.4 Å². The molecule has 2 heterocycles. The van der Waals surface area contributed by atoms with Crippen LogP contribution in [0.5, 0.6) is 0 Å². The number of aryl methyl sites for hydroxylation is 1. The van der Waals surface area contributed by atoms with Crippen LogP contribution in [0.4, 0.5) is 0 Å². The van der Waals surface area contributed by atoms with Crippen molar-refractivity contribution in [3.63, 3.8) is 0 Å². The number of carbonyl (C=O) groups excluding carboxylic acids is 1. The van der Waals surface area contributed by atoms with Crippen molar-refractivity contribution < 1.29 is 9.53 Å². The molecule has 1 aromatic heterocycles. The predicted molar refractivity (Wildman–Crippen MR) is 83.5 cm³/mol. The van der Waals surface area contributed by atoms with Gasteiger partial charge in [0.25, 0.3) is 0 Å². The molecule has 0 aliphatic carbocycles. The summed E-state index contributed by atoms with van der Waals surface area (Å²) in [5.74, 6) is 1.07. The lowest BCUT2D eigenvalue weighted by atomic mass is 10.1. The zero-order valence-corrected chi connectivity index (χ0v) is 13.7. The number of hydrogen-bond acceptors (Lipinski definition) is 4. The molecule has 0 radical (unpaired) electrons. The number of piperazine rings is 1. The van der Waals surface area contributed by atoms with E-state index in [-0.39, 0.29) is 30.5 Å². The van der Waals surface area contributed by atoms with Gasteiger partial charge in [0.2, 0.25) is 5.91 Å². The van der Waals surface area contributed by atoms with Gasteiger partial charge in [0.05, 0.1) is 19.1 Å². The van der Waals surface area contributed by atoms with E-state index in [4.69, 9.17) is 4.74 Å². The molecule has 1 fully saturated rings. The molecule has 7 heteroatoms. The lowest BCUT2D eigenvalue weighted by Gasteiger charge is -2.35. The molecule has 0 spiro atoms. The Morgan fingerprint density at radius 3 is 2.95 bits per heavy atom. The topological polar surface area (TPSA) is 59.4 Å². The molecule has 0 bridgehead atoms. The molecular formula is C14H25ClN4O2. The van der Waals surface area contributed by atoms with E-state index in [2.05, 4.69) is 10.3 Å². The summed E-state index contributed by atoms with van der Waals surface area (Å²) in [6.07, 6.45) is 4.28. The Balaban J connectivity index is 0.00000220. The van der Waals surface area contributed by atoms with Crippen LogP contribution in [-0.2, 0) is 16.6 Å². The van der Waals surface area contributed by atoms with Crippen molar-refractivity contribution in [1.29, 1.82) is 0 Å². The molecule has 21 heavy (non-hydrogen) atoms. The van der Waals surface area contributed by atoms with Gasteiger partial charge in [-0.3, -0.25) is 4.79 Å². The summed E-state index contributed by atoms with van der Waals surface area (Å²) in [6, 6.07) is 0.00954. The second-order valence-electron chi connectivity index (χ2n) is 5.37. The van der Waals surface area contributed by atoms with E-state index in [0.29, 0.717) is 13.0 Å². The summed E-state index contributed by atoms with van der Waals surface area (Å²) in [6.45, 7) is 6.74. The van der Waals surface area contributed by atoms with Gasteiger partial charge in [-0.2, -0.15) is 0 Å². The zero-order valence-electron chi connectivity index (χ0n) is 12.9. The van der Waals surface area contributed by atoms with Crippen LogP contribution in [0.1, 0.15) is 32.1 Å². The Morgan fingerprint density at radius 1 is 1.57 bits per heavy atom. The van der Waals surface area contributed by atoms with Crippen molar-refractivity contribution >= 4 is 18.3 Å². The predicted octanol–water partition coefficient (Wildman–Crippen LogP) is 1.13. The number of imidazole rings is 1. The van der Waals surface area contributed by atoms with Gasteiger partial charge in [-0.15, -0.1) is 12.4 Å². The van der Waals surface area contributed by atoms with E-state index < -0.39 is 0 Å². The molecule has 120 valence electrons. The van der Waals surface area contributed by atoms with Crippen molar-refractivity contribution in [3.8, 4) is 0 Å². The number of halogens is 1. The first kappa shape index (κ1) is 17.9. The van der Waals surface area contributed by atoms with Gasteiger partial charge in [0.15, 0.2) is 0 Å². The van der Waals surface area contributed by atoms with Crippen LogP contribution in [0.25, 0.3) is 0 Å². The minimum Gasteiger partial charge on any atom is -0.378 e. The molecule has 1 saturated heterocycles. The lowest BCUT2D eigenvalue weighted by Crippen LogP contribution is -2.49. The van der Waals surface area contributed by atoms with E-state index in [1.54, 1.807) is 6.20 Å². The third-order valence-corrected chi connectivity index (χ3v) is 3.49. The number of carbonyl (C=O) groups is 1. The number of nitrogens with zero attached hydrogens (tertiary/aromatic N) is 3. The molecule has 1 unspecified atom stereocenters. The molecule has 0 saturated carbocycles. The van der Waals surface area contributed by atoms with Gasteiger partial charge in [0.1, 0.15) is 11.9 Å². The quantitative estimate of drug-likeness (QED) is 0.884. The van der Waals surface area contributed by atoms with Crippen molar-refractivity contribution in [2.75, 3.05) is 26.2 Å². The molecule has 1 amide bonds. The maximum atomic E-state index is 12.4. The molecule has 6 nitrogen and oxygen atoms in total. The van der Waals surface area contributed by atoms with Crippen LogP contribution in [0.15, 0.2) is 12.4 Å². The normalized spacial score (nSPS) is 18.7. The van der Waals surface area contributed by atoms with Gasteiger partial charge in [-0.25, -0.2) is 4.98 Å². The second-order valence-corrected chi connectivity index (χ2v) is 5.37. The van der Waals surface area contributed by atoms with Crippen molar-refractivity contribution in [2.24, 2.45) is 7.05 Å². The summed E-state index contributed by atoms with van der Waals surface area (Å²) in [4.78, 5) is 18.7. The Morgan fingerprint density at radius 2 is 2.33 bits per heavy atom. The van der Waals surface area contributed by atoms with Gasteiger partial charge >= 0.3 is 0 Å². The SMILES string of the molecule is CC(C)OCCC(=O)N1CCNCC1c1nccn1C.Cl. The number of nitrogens with one attached hydrogen (secondary N) is 1. The van der Waals surface area contributed by atoms with Crippen LogP contribution in [-0.4, -0.2) is 52.7 Å². The first-order valence-electron chi connectivity index (χ1n) is 7.18. The Bertz CT molecular complexity index is 450. The van der Waals surface area contributed by atoms with Crippen LogP contribution in [0, 0.1) is 0 Å². The Kier molecular flexibility index (Phi) is 7.14. The number of amides is 1. The Labute approximate surface area is 132 Å². The molecule has 1 aliphatic heterocycles. The lowest BCUT2D eigenvalue weighted by molar-refractivity contribution is -0.136. The molecule has 1 atom stereocenters. The highest BCUT2D eigenvalue weighted by Crippen LogP contribution is 2.21. The van der Waals surface area contributed by atoms with Crippen LogP contribution >= 0.6 is 12.4 Å². The number of ether oxygens (including phenoxy) is 1. The van der Waals surface area contributed by atoms with Gasteiger partial charge in [0, 0.05) is 39.1 Å². The van der Waals surface area contributed by atoms with Crippen LogP contribution in [0.3, 0.4) is 0 Å². The highest BCUT2D eigenvalue weighted by atomic mass is 35.5. The summed E-state index contributed by atoms with van der Waals surface area (Å²) < 4.78 is 7.44. The summed E-state index contributed by atoms with van der Waals surface area (Å²) in [7, 11) is 1.96. The third kappa shape index (κ3) is 4.69. The van der Waals surface area contributed by atoms with E-state index >= 15 is 0 Å². The van der Waals surface area contributed by atoms with Gasteiger partial charge in [-0.05, 0) is 13.8 Å². The molecule has 1 aromatic rings. The highest BCUT2D eigenvalue weighted by Gasteiger charge is 2.29. The Hall–Kier alpha value is -1.11. The smallest absolute Gasteiger partial charge is 0.225 e. The fourth-order valence-corrected chi connectivity index (χ4v) is 2.46. The summed E-state index contributed by atoms with van der Waals surface area (Å²) in [5.41, 5.74) is 0. The maximum absolute atomic E-state index is 12.4. The summed E-state index contributed by atoms with van der Waals surface area (Å²) in [5, 5.41) is 3.33. The minimum atomic E-state index is 0. The van der Waals surface area contributed by atoms with Crippen LogP contribution in [0.2, 0.25) is 0 Å². The third-order valence-electron chi connectivity index (χ3n) is 3.49. The van der Waals surface area contributed by atoms with Gasteiger partial charge < -0.3 is 19.5 Å². The zero-order chi connectivity index (χ0) is 14.5. The highest BCUT2D eigenvalue weighted by molar-refractivity contribution is 5.85. The van der Waals surface area contributed by atoms with E-state index in [0.717, 1.165) is 25.5 Å². The average Bonchev–Trinajstić information content (AvgIpc) is 2.84. The van der Waals surface area contributed by atoms with E-state index in [9.17, 15) is 4.79 Å². The molecular weight excluding hydrogens is 292 g/mol. The largest absolute Gasteiger partial charge is 0.378 e. The second kappa shape index (κ2) is 8.36. The van der Waals surface area contributed by atoms with Gasteiger partial charge in [-0.1, -0.05) is 0 Å². The monoisotopic (exact) mass is 316 g/mol. The summed E-state index contributed by atoms with van der Waals surface area (Å²) >= 11 is 0. The molecule has 2 rings (SSSR count). The fraction of sp³-hybridized carbons (Fsp3) is 0.714. The van der Waals surface area contributed by atoms with Crippen molar-refractivity contribution in [1.82, 2.24) is 19.8 Å². The first-order chi connectivity index (χ1) is 9.59. The standard InChI is InChI=1S/C14H24N4O2.ClH/c1-11(2)20-9-4-13(19)18-8-5-15-10-12(18)14-16-6-7-17(14)3;/h6-7,11-12,15H,4-5,8-10H2,1-3H3;1H. The minimum absolute atomic E-state index is 0. The fourth-order valence-electron chi connectivity index (χ4n) is 2.46. The van der Waals surface area contributed by atoms with Crippen LogP contribution < -0.4 is 5.32 Å².